The Labute approximate surface area is 134 Å². The molecule has 0 aromatic heterocycles. The van der Waals surface area contributed by atoms with Gasteiger partial charge in [-0.3, -0.25) is 4.79 Å². The summed E-state index contributed by atoms with van der Waals surface area (Å²) in [6.45, 7) is 12.8. The van der Waals surface area contributed by atoms with E-state index in [0.717, 1.165) is 0 Å². The Morgan fingerprint density at radius 1 is 1.27 bits per heavy atom. The summed E-state index contributed by atoms with van der Waals surface area (Å²) in [5.41, 5.74) is 0.510. The maximum Gasteiger partial charge on any atom is 0.306 e. The van der Waals surface area contributed by atoms with Gasteiger partial charge in [0.2, 0.25) is 8.32 Å². The molecule has 1 aromatic carbocycles. The summed E-state index contributed by atoms with van der Waals surface area (Å²) < 4.78 is 25.1. The summed E-state index contributed by atoms with van der Waals surface area (Å²) in [4.78, 5) is 11.3. The minimum Gasteiger partial charge on any atom is -0.543 e. The molecular formula is C17H27FO3Si. The molecule has 0 saturated heterocycles. The average Bonchev–Trinajstić information content (AvgIpc) is 2.36. The number of aryl methyl sites for hydroxylation is 1. The van der Waals surface area contributed by atoms with Gasteiger partial charge in [0, 0.05) is 12.5 Å². The summed E-state index contributed by atoms with van der Waals surface area (Å²) in [6, 6.07) is 4.89. The Kier molecular flexibility index (Phi) is 6.17. The molecule has 0 aliphatic carbocycles. The number of carbonyl (C=O) groups is 1. The van der Waals surface area contributed by atoms with Gasteiger partial charge < -0.3 is 9.16 Å². The molecule has 0 saturated carbocycles. The molecule has 0 amide bonds. The van der Waals surface area contributed by atoms with Gasteiger partial charge in [0.15, 0.2) is 0 Å². The van der Waals surface area contributed by atoms with Crippen LogP contribution >= 0.6 is 0 Å². The van der Waals surface area contributed by atoms with E-state index < -0.39 is 8.32 Å². The number of rotatable bonds is 6. The number of hydrogen-bond acceptors (Lipinski definition) is 3. The number of halogens is 1. The summed E-state index contributed by atoms with van der Waals surface area (Å²) in [6.07, 6.45) is 0.526. The van der Waals surface area contributed by atoms with Gasteiger partial charge in [0.25, 0.3) is 0 Å². The van der Waals surface area contributed by atoms with Crippen LogP contribution in [-0.2, 0) is 16.0 Å². The Bertz CT molecular complexity index is 521. The van der Waals surface area contributed by atoms with Gasteiger partial charge in [-0.25, -0.2) is 4.39 Å². The lowest BCUT2D eigenvalue weighted by Gasteiger charge is -2.36. The molecule has 0 bridgehead atoms. The highest BCUT2D eigenvalue weighted by molar-refractivity contribution is 6.74. The van der Waals surface area contributed by atoms with Crippen LogP contribution in [0.5, 0.6) is 5.75 Å². The van der Waals surface area contributed by atoms with Crippen molar-refractivity contribution < 1.29 is 18.3 Å². The average molecular weight is 326 g/mol. The first-order chi connectivity index (χ1) is 10.1. The molecule has 0 unspecified atom stereocenters. The van der Waals surface area contributed by atoms with E-state index in [1.165, 1.54) is 6.07 Å². The van der Waals surface area contributed by atoms with Crippen LogP contribution in [-0.4, -0.2) is 20.9 Å². The van der Waals surface area contributed by atoms with E-state index in [0.29, 0.717) is 24.3 Å². The molecule has 0 fully saturated rings. The monoisotopic (exact) mass is 326 g/mol. The highest BCUT2D eigenvalue weighted by Crippen LogP contribution is 2.37. The lowest BCUT2D eigenvalue weighted by atomic mass is 10.1. The van der Waals surface area contributed by atoms with Crippen LogP contribution < -0.4 is 4.43 Å². The molecule has 0 heterocycles. The second-order valence-corrected chi connectivity index (χ2v) is 11.6. The second kappa shape index (κ2) is 7.27. The quantitative estimate of drug-likeness (QED) is 0.561. The normalized spacial score (nSPS) is 12.1. The highest BCUT2D eigenvalue weighted by Gasteiger charge is 2.39. The minimum atomic E-state index is -1.97. The molecule has 0 spiro atoms. The largest absolute Gasteiger partial charge is 0.543 e. The first kappa shape index (κ1) is 18.7. The third-order valence-electron chi connectivity index (χ3n) is 4.11. The Morgan fingerprint density at radius 3 is 2.41 bits per heavy atom. The lowest BCUT2D eigenvalue weighted by molar-refractivity contribution is -0.143. The van der Waals surface area contributed by atoms with Crippen molar-refractivity contribution >= 4 is 14.3 Å². The number of carbonyl (C=O) groups excluding carboxylic acids is 1. The first-order valence-corrected chi connectivity index (χ1v) is 10.6. The topological polar surface area (TPSA) is 35.5 Å². The first-order valence-electron chi connectivity index (χ1n) is 7.70. The fourth-order valence-corrected chi connectivity index (χ4v) is 2.73. The van der Waals surface area contributed by atoms with Crippen LogP contribution in [0.2, 0.25) is 18.1 Å². The third kappa shape index (κ3) is 5.12. The van der Waals surface area contributed by atoms with Crippen LogP contribution in [0.4, 0.5) is 4.39 Å². The Hall–Kier alpha value is -1.36. The zero-order valence-corrected chi connectivity index (χ0v) is 15.5. The van der Waals surface area contributed by atoms with Gasteiger partial charge in [-0.05, 0) is 43.1 Å². The number of esters is 1. The van der Waals surface area contributed by atoms with Crippen molar-refractivity contribution in [3.63, 3.8) is 0 Å². The van der Waals surface area contributed by atoms with E-state index in [1.807, 2.05) is 0 Å². The van der Waals surface area contributed by atoms with Gasteiger partial charge in [0.1, 0.15) is 11.6 Å². The van der Waals surface area contributed by atoms with Gasteiger partial charge in [-0.15, -0.1) is 0 Å². The predicted molar refractivity (Wildman–Crippen MR) is 89.2 cm³/mol. The number of ether oxygens (including phenoxy) is 1. The van der Waals surface area contributed by atoms with Gasteiger partial charge in [-0.2, -0.15) is 0 Å². The van der Waals surface area contributed by atoms with E-state index in [4.69, 9.17) is 9.16 Å². The van der Waals surface area contributed by atoms with Crippen molar-refractivity contribution in [2.75, 3.05) is 6.61 Å². The SMILES string of the molecule is CCOC(=O)CCc1ccc(O[Si](C)(C)C(C)(C)C)cc1F. The van der Waals surface area contributed by atoms with Gasteiger partial charge in [-0.1, -0.05) is 26.8 Å². The van der Waals surface area contributed by atoms with Crippen LogP contribution in [0, 0.1) is 5.82 Å². The van der Waals surface area contributed by atoms with Gasteiger partial charge >= 0.3 is 5.97 Å². The fraction of sp³-hybridized carbons (Fsp3) is 0.588. The lowest BCUT2D eigenvalue weighted by Crippen LogP contribution is -2.43. The standard InChI is InChI=1S/C17H27FO3Si/c1-7-20-16(19)11-9-13-8-10-14(12-15(13)18)21-22(5,6)17(2,3)4/h8,10,12H,7,9,11H2,1-6H3. The number of benzene rings is 1. The van der Waals surface area contributed by atoms with E-state index in [9.17, 15) is 9.18 Å². The molecule has 5 heteroatoms. The van der Waals surface area contributed by atoms with Crippen molar-refractivity contribution in [1.82, 2.24) is 0 Å². The molecule has 0 atom stereocenters. The van der Waals surface area contributed by atoms with Crippen molar-refractivity contribution in [2.45, 2.75) is 58.7 Å². The summed E-state index contributed by atoms with van der Waals surface area (Å²) in [5, 5.41) is 0.0616. The number of hydrogen-bond donors (Lipinski definition) is 0. The molecule has 1 aromatic rings. The summed E-state index contributed by atoms with van der Waals surface area (Å²) in [5.74, 6) is -0.0759. The van der Waals surface area contributed by atoms with Crippen molar-refractivity contribution in [2.24, 2.45) is 0 Å². The maximum absolute atomic E-state index is 14.1. The minimum absolute atomic E-state index is 0.0616. The maximum atomic E-state index is 14.1. The summed E-state index contributed by atoms with van der Waals surface area (Å²) >= 11 is 0. The molecule has 0 aliphatic heterocycles. The molecule has 0 radical (unpaired) electrons. The van der Waals surface area contributed by atoms with E-state index in [2.05, 4.69) is 33.9 Å². The Morgan fingerprint density at radius 2 is 1.91 bits per heavy atom. The molecule has 1 rings (SSSR count). The predicted octanol–water partition coefficient (Wildman–Crippen LogP) is 4.71. The molecule has 124 valence electrons. The van der Waals surface area contributed by atoms with Crippen LogP contribution in [0.15, 0.2) is 18.2 Å². The zero-order valence-electron chi connectivity index (χ0n) is 14.5. The highest BCUT2D eigenvalue weighted by atomic mass is 28.4. The zero-order chi connectivity index (χ0) is 17.0. The third-order valence-corrected chi connectivity index (χ3v) is 8.47. The Balaban J connectivity index is 2.76. The molecule has 3 nitrogen and oxygen atoms in total. The molecule has 22 heavy (non-hydrogen) atoms. The molecule has 0 N–H and O–H groups in total. The van der Waals surface area contributed by atoms with Crippen molar-refractivity contribution in [3.8, 4) is 5.75 Å². The molecular weight excluding hydrogens is 299 g/mol. The molecule has 0 aliphatic rings. The van der Waals surface area contributed by atoms with E-state index in [-0.39, 0.29) is 23.2 Å². The smallest absolute Gasteiger partial charge is 0.306 e. The van der Waals surface area contributed by atoms with Crippen LogP contribution in [0.3, 0.4) is 0 Å². The van der Waals surface area contributed by atoms with E-state index in [1.54, 1.807) is 19.1 Å². The van der Waals surface area contributed by atoms with Crippen molar-refractivity contribution in [3.05, 3.63) is 29.6 Å². The van der Waals surface area contributed by atoms with Crippen LogP contribution in [0.1, 0.15) is 39.7 Å². The van der Waals surface area contributed by atoms with E-state index >= 15 is 0 Å². The van der Waals surface area contributed by atoms with Crippen molar-refractivity contribution in [1.29, 1.82) is 0 Å². The van der Waals surface area contributed by atoms with Crippen LogP contribution in [0.25, 0.3) is 0 Å². The summed E-state index contributed by atoms with van der Waals surface area (Å²) in [7, 11) is -1.97. The van der Waals surface area contributed by atoms with Gasteiger partial charge in [0.05, 0.1) is 6.61 Å². The fourth-order valence-electron chi connectivity index (χ4n) is 1.71. The second-order valence-electron chi connectivity index (χ2n) is 6.92.